The highest BCUT2D eigenvalue weighted by molar-refractivity contribution is 7.53. The molecule has 26 heavy (non-hydrogen) atoms. The van der Waals surface area contributed by atoms with E-state index < -0.39 is 7.60 Å². The third-order valence-electron chi connectivity index (χ3n) is 3.99. The predicted octanol–water partition coefficient (Wildman–Crippen LogP) is 4.07. The Hall–Kier alpha value is -1.34. The van der Waals surface area contributed by atoms with Gasteiger partial charge < -0.3 is 13.8 Å². The quantitative estimate of drug-likeness (QED) is 0.667. The van der Waals surface area contributed by atoms with Crippen molar-refractivity contribution in [1.82, 2.24) is 19.5 Å². The maximum Gasteiger partial charge on any atom is 0.337 e. The fourth-order valence-corrected chi connectivity index (χ4v) is 5.18. The molecule has 0 aliphatic carbocycles. The van der Waals surface area contributed by atoms with Gasteiger partial charge in [-0.3, -0.25) is 9.13 Å². The molecule has 1 atom stereocenters. The Morgan fingerprint density at radius 1 is 1.19 bits per heavy atom. The largest absolute Gasteiger partial charge is 0.358 e. The molecular formula is C17H27N4O4P. The summed E-state index contributed by atoms with van der Waals surface area (Å²) in [5.74, 6) is 0. The van der Waals surface area contributed by atoms with E-state index in [0.29, 0.717) is 16.9 Å². The van der Waals surface area contributed by atoms with Gasteiger partial charge >= 0.3 is 7.60 Å². The first-order chi connectivity index (χ1) is 12.4. The first-order valence-electron chi connectivity index (χ1n) is 9.12. The number of ether oxygens (including phenoxy) is 1. The Morgan fingerprint density at radius 2 is 1.92 bits per heavy atom. The number of aromatic nitrogens is 4. The van der Waals surface area contributed by atoms with Crippen LogP contribution in [-0.2, 0) is 24.5 Å². The van der Waals surface area contributed by atoms with Crippen molar-refractivity contribution in [1.29, 1.82) is 0 Å². The molecule has 1 aliphatic rings. The lowest BCUT2D eigenvalue weighted by atomic mass is 10.2. The van der Waals surface area contributed by atoms with E-state index in [1.165, 1.54) is 6.33 Å². The number of fused-ring (bicyclic) bond motifs is 1. The summed E-state index contributed by atoms with van der Waals surface area (Å²) < 4.78 is 32.2. The summed E-state index contributed by atoms with van der Waals surface area (Å²) >= 11 is 0. The van der Waals surface area contributed by atoms with E-state index in [4.69, 9.17) is 13.8 Å². The molecule has 0 bridgehead atoms. The second-order valence-corrected chi connectivity index (χ2v) is 9.00. The van der Waals surface area contributed by atoms with Crippen molar-refractivity contribution in [2.24, 2.45) is 0 Å². The Labute approximate surface area is 153 Å². The van der Waals surface area contributed by atoms with Gasteiger partial charge in [0.05, 0.1) is 30.4 Å². The van der Waals surface area contributed by atoms with E-state index in [9.17, 15) is 4.57 Å². The summed E-state index contributed by atoms with van der Waals surface area (Å²) in [6, 6.07) is 0. The standard InChI is InChI=1S/C17H27N4O4P/c1-12(2)24-26(22,25-13(3)4)9-14-16-17(19-10-18-14)21(11-20-16)15-7-5-6-8-23-15/h10-13,15H,5-9H2,1-4H3. The van der Waals surface area contributed by atoms with Crippen LogP contribution in [0.1, 0.15) is 58.9 Å². The van der Waals surface area contributed by atoms with Crippen molar-refractivity contribution in [3.8, 4) is 0 Å². The molecule has 0 amide bonds. The van der Waals surface area contributed by atoms with Crippen molar-refractivity contribution in [2.45, 2.75) is 71.6 Å². The van der Waals surface area contributed by atoms with Gasteiger partial charge in [0.2, 0.25) is 0 Å². The number of rotatable bonds is 7. The molecule has 0 saturated carbocycles. The van der Waals surface area contributed by atoms with Gasteiger partial charge in [-0.05, 0) is 47.0 Å². The maximum absolute atomic E-state index is 13.2. The van der Waals surface area contributed by atoms with Crippen molar-refractivity contribution in [3.63, 3.8) is 0 Å². The molecule has 1 saturated heterocycles. The second kappa shape index (κ2) is 8.13. The Kier molecular flexibility index (Phi) is 6.07. The molecule has 1 fully saturated rings. The van der Waals surface area contributed by atoms with E-state index in [1.54, 1.807) is 6.33 Å². The minimum atomic E-state index is -3.35. The molecule has 3 heterocycles. The average Bonchev–Trinajstić information content (AvgIpc) is 2.99. The lowest BCUT2D eigenvalue weighted by Crippen LogP contribution is -2.17. The van der Waals surface area contributed by atoms with Gasteiger partial charge in [-0.15, -0.1) is 0 Å². The third-order valence-corrected chi connectivity index (χ3v) is 6.16. The second-order valence-electron chi connectivity index (χ2n) is 7.04. The fourth-order valence-electron chi connectivity index (χ4n) is 3.10. The highest BCUT2D eigenvalue weighted by atomic mass is 31.2. The minimum absolute atomic E-state index is 0.0604. The monoisotopic (exact) mass is 382 g/mol. The topological polar surface area (TPSA) is 88.4 Å². The van der Waals surface area contributed by atoms with Crippen molar-refractivity contribution in [3.05, 3.63) is 18.3 Å². The summed E-state index contributed by atoms with van der Waals surface area (Å²) in [6.45, 7) is 8.08. The van der Waals surface area contributed by atoms with Crippen LogP contribution in [0.4, 0.5) is 0 Å². The van der Waals surface area contributed by atoms with Crippen LogP contribution in [0.25, 0.3) is 11.2 Å². The van der Waals surface area contributed by atoms with Gasteiger partial charge in [0, 0.05) is 6.61 Å². The molecule has 2 aromatic rings. The van der Waals surface area contributed by atoms with Crippen LogP contribution in [0.3, 0.4) is 0 Å². The van der Waals surface area contributed by atoms with Gasteiger partial charge in [0.15, 0.2) is 5.65 Å². The van der Waals surface area contributed by atoms with E-state index >= 15 is 0 Å². The van der Waals surface area contributed by atoms with E-state index in [-0.39, 0.29) is 24.6 Å². The van der Waals surface area contributed by atoms with E-state index in [1.807, 2.05) is 32.3 Å². The third kappa shape index (κ3) is 4.49. The zero-order valence-electron chi connectivity index (χ0n) is 15.8. The molecule has 0 spiro atoms. The van der Waals surface area contributed by atoms with Crippen LogP contribution >= 0.6 is 7.60 Å². The molecule has 3 rings (SSSR count). The summed E-state index contributed by atoms with van der Waals surface area (Å²) in [4.78, 5) is 13.1. The van der Waals surface area contributed by atoms with Crippen molar-refractivity contribution in [2.75, 3.05) is 6.61 Å². The molecule has 9 heteroatoms. The van der Waals surface area contributed by atoms with Crippen LogP contribution in [0, 0.1) is 0 Å². The Bertz CT molecular complexity index is 772. The first kappa shape index (κ1) is 19.4. The molecule has 0 aromatic carbocycles. The average molecular weight is 382 g/mol. The molecule has 0 N–H and O–H groups in total. The smallest absolute Gasteiger partial charge is 0.337 e. The molecular weight excluding hydrogens is 355 g/mol. The SMILES string of the molecule is CC(C)OP(=O)(Cc1ncnc2c1ncn2C1CCCCO1)OC(C)C. The Morgan fingerprint density at radius 3 is 2.54 bits per heavy atom. The van der Waals surface area contributed by atoms with Crippen LogP contribution < -0.4 is 0 Å². The minimum Gasteiger partial charge on any atom is -0.358 e. The molecule has 0 radical (unpaired) electrons. The van der Waals surface area contributed by atoms with Gasteiger partial charge in [-0.2, -0.15) is 0 Å². The number of hydrogen-bond acceptors (Lipinski definition) is 7. The van der Waals surface area contributed by atoms with Crippen molar-refractivity contribution < 1.29 is 18.3 Å². The summed E-state index contributed by atoms with van der Waals surface area (Å²) in [6.07, 6.45) is 5.86. The van der Waals surface area contributed by atoms with Gasteiger partial charge in [-0.1, -0.05) is 0 Å². The molecule has 144 valence electrons. The van der Waals surface area contributed by atoms with Crippen LogP contribution in [0.2, 0.25) is 0 Å². The zero-order chi connectivity index (χ0) is 18.7. The molecule has 2 aromatic heterocycles. The zero-order valence-corrected chi connectivity index (χ0v) is 16.7. The van der Waals surface area contributed by atoms with Crippen LogP contribution in [0.5, 0.6) is 0 Å². The van der Waals surface area contributed by atoms with Crippen molar-refractivity contribution >= 4 is 18.8 Å². The van der Waals surface area contributed by atoms with E-state index in [2.05, 4.69) is 15.0 Å². The van der Waals surface area contributed by atoms with Gasteiger partial charge in [0.25, 0.3) is 0 Å². The lowest BCUT2D eigenvalue weighted by Gasteiger charge is -2.24. The van der Waals surface area contributed by atoms with Gasteiger partial charge in [-0.25, -0.2) is 15.0 Å². The fraction of sp³-hybridized carbons (Fsp3) is 0.706. The van der Waals surface area contributed by atoms with Crippen LogP contribution in [-0.4, -0.2) is 38.3 Å². The summed E-state index contributed by atoms with van der Waals surface area (Å²) in [5, 5.41) is 0. The van der Waals surface area contributed by atoms with E-state index in [0.717, 1.165) is 25.9 Å². The number of hydrogen-bond donors (Lipinski definition) is 0. The maximum atomic E-state index is 13.2. The summed E-state index contributed by atoms with van der Waals surface area (Å²) in [7, 11) is -3.35. The normalized spacial score (nSPS) is 18.9. The lowest BCUT2D eigenvalue weighted by molar-refractivity contribution is -0.0298. The molecule has 1 unspecified atom stereocenters. The highest BCUT2D eigenvalue weighted by Gasteiger charge is 2.31. The number of imidazole rings is 1. The number of nitrogens with zero attached hydrogens (tertiary/aromatic N) is 4. The Balaban J connectivity index is 1.92. The summed E-state index contributed by atoms with van der Waals surface area (Å²) in [5.41, 5.74) is 1.86. The highest BCUT2D eigenvalue weighted by Crippen LogP contribution is 2.53. The van der Waals surface area contributed by atoms with Gasteiger partial charge in [0.1, 0.15) is 18.1 Å². The molecule has 1 aliphatic heterocycles. The van der Waals surface area contributed by atoms with Crippen LogP contribution in [0.15, 0.2) is 12.7 Å². The molecule has 8 nitrogen and oxygen atoms in total. The predicted molar refractivity (Wildman–Crippen MR) is 97.9 cm³/mol. The first-order valence-corrected chi connectivity index (χ1v) is 10.8.